The molecule has 34 heavy (non-hydrogen) atoms. The second-order valence-corrected chi connectivity index (χ2v) is 7.28. The fourth-order valence-corrected chi connectivity index (χ4v) is 3.09. The van der Waals surface area contributed by atoms with Crippen LogP contribution >= 0.6 is 0 Å². The Bertz CT molecular complexity index is 1300. The van der Waals surface area contributed by atoms with Gasteiger partial charge in [-0.15, -0.1) is 12.1 Å². The topological polar surface area (TPSA) is 61.4 Å². The van der Waals surface area contributed by atoms with Gasteiger partial charge in [0.05, 0.1) is 17.3 Å². The number of nitrogens with zero attached hydrogens (tertiary/aromatic N) is 6. The van der Waals surface area contributed by atoms with Gasteiger partial charge in [-0.2, -0.15) is 26.3 Å². The molecule has 1 unspecified atom stereocenters. The zero-order valence-corrected chi connectivity index (χ0v) is 19.7. The van der Waals surface area contributed by atoms with Crippen LogP contribution in [0.2, 0.25) is 0 Å². The Morgan fingerprint density at radius 1 is 0.735 bits per heavy atom. The van der Waals surface area contributed by atoms with E-state index in [9.17, 15) is 26.3 Å². The van der Waals surface area contributed by atoms with Gasteiger partial charge in [-0.1, -0.05) is 43.6 Å². The van der Waals surface area contributed by atoms with Crippen molar-refractivity contribution in [2.24, 2.45) is 0 Å². The van der Waals surface area contributed by atoms with Gasteiger partial charge in [-0.3, -0.25) is 20.2 Å². The first-order valence-electron chi connectivity index (χ1n) is 9.41. The van der Waals surface area contributed by atoms with Crippen molar-refractivity contribution in [1.82, 2.24) is 29.5 Å². The van der Waals surface area contributed by atoms with Crippen LogP contribution < -0.4 is 0 Å². The van der Waals surface area contributed by atoms with Gasteiger partial charge in [0, 0.05) is 11.4 Å². The number of aromatic nitrogens is 6. The third-order valence-corrected chi connectivity index (χ3v) is 4.97. The summed E-state index contributed by atoms with van der Waals surface area (Å²) in [5.41, 5.74) is -4.19. The normalized spacial score (nSPS) is 13.9. The number of hydrogen-bond acceptors (Lipinski definition) is 4. The van der Waals surface area contributed by atoms with Crippen molar-refractivity contribution in [3.63, 3.8) is 0 Å². The molecule has 0 aliphatic carbocycles. The number of pyridine rings is 2. The van der Waals surface area contributed by atoms with Crippen LogP contribution in [0.15, 0.2) is 48.5 Å². The molecule has 0 aromatic carbocycles. The predicted octanol–water partition coefficient (Wildman–Crippen LogP) is 4.64. The van der Waals surface area contributed by atoms with Crippen molar-refractivity contribution in [3.05, 3.63) is 83.7 Å². The van der Waals surface area contributed by atoms with Crippen molar-refractivity contribution >= 4 is 0 Å². The summed E-state index contributed by atoms with van der Waals surface area (Å²) >= 11 is 0. The molecule has 0 saturated heterocycles. The molecule has 0 fully saturated rings. The fraction of sp³-hybridized carbons (Fsp3) is 0.238. The predicted molar refractivity (Wildman–Crippen MR) is 103 cm³/mol. The van der Waals surface area contributed by atoms with Crippen LogP contribution in [0.4, 0.5) is 26.3 Å². The molecule has 0 bridgehead atoms. The standard InChI is InChI=1S/C21H14F6N6.Pt/c1-13-9-11-32(30-13)17-7-3-5-14(28-17)19(2,21(25,26)27)15-6-4-8-18(29-15)33-12-10-16(31-33)20(22,23)24;/h3-10H,1-2H3;/q-2;+2. The Labute approximate surface area is 203 Å². The Hall–Kier alpha value is -3.01. The fourth-order valence-electron chi connectivity index (χ4n) is 3.09. The van der Waals surface area contributed by atoms with E-state index in [4.69, 9.17) is 0 Å². The maximum absolute atomic E-state index is 14.4. The van der Waals surface area contributed by atoms with E-state index in [1.54, 1.807) is 13.0 Å². The van der Waals surface area contributed by atoms with Crippen molar-refractivity contribution in [2.45, 2.75) is 31.6 Å². The van der Waals surface area contributed by atoms with Crippen molar-refractivity contribution < 1.29 is 47.4 Å². The molecule has 0 N–H and O–H groups in total. The molecule has 6 nitrogen and oxygen atoms in total. The molecule has 4 aromatic heterocycles. The average molecular weight is 659 g/mol. The summed E-state index contributed by atoms with van der Waals surface area (Å²) in [4.78, 5) is 8.11. The number of alkyl halides is 6. The Balaban J connectivity index is 0.00000324. The Morgan fingerprint density at radius 3 is 1.65 bits per heavy atom. The largest absolute Gasteiger partial charge is 2.00 e. The summed E-state index contributed by atoms with van der Waals surface area (Å²) in [5, 5.41) is 7.44. The molecule has 0 amide bonds. The minimum absolute atomic E-state index is 0. The van der Waals surface area contributed by atoms with Crippen LogP contribution in [0.5, 0.6) is 0 Å². The second-order valence-electron chi connectivity index (χ2n) is 7.28. The smallest absolute Gasteiger partial charge is 0.343 e. The molecule has 4 rings (SSSR count). The summed E-state index contributed by atoms with van der Waals surface area (Å²) in [6.45, 7) is 2.60. The summed E-state index contributed by atoms with van der Waals surface area (Å²) in [7, 11) is 0. The average Bonchev–Trinajstić information content (AvgIpc) is 3.42. The molecule has 180 valence electrons. The second kappa shape index (κ2) is 8.98. The molecule has 0 aliphatic heterocycles. The SMILES string of the molecule is Cc1c[c-]n(-c2cccc(C(C)(c3cccc(-n4[c-]cc(C(F)(F)F)n4)n3)C(F)(F)F)n2)n1.[Pt+2]. The third kappa shape index (κ3) is 4.64. The Morgan fingerprint density at radius 2 is 1.24 bits per heavy atom. The summed E-state index contributed by atoms with van der Waals surface area (Å²) in [6.07, 6.45) is -4.59. The first-order valence-corrected chi connectivity index (χ1v) is 9.41. The monoisotopic (exact) mass is 659 g/mol. The third-order valence-electron chi connectivity index (χ3n) is 4.97. The van der Waals surface area contributed by atoms with E-state index in [0.29, 0.717) is 16.4 Å². The van der Waals surface area contributed by atoms with Crippen LogP contribution in [0.25, 0.3) is 11.6 Å². The van der Waals surface area contributed by atoms with Crippen LogP contribution in [0.1, 0.15) is 29.7 Å². The van der Waals surface area contributed by atoms with Gasteiger partial charge < -0.3 is 9.36 Å². The first kappa shape index (κ1) is 25.6. The van der Waals surface area contributed by atoms with Gasteiger partial charge in [-0.25, -0.2) is 0 Å². The first-order chi connectivity index (χ1) is 15.4. The van der Waals surface area contributed by atoms with E-state index in [-0.39, 0.29) is 38.4 Å². The summed E-state index contributed by atoms with van der Waals surface area (Å²) in [6, 6.07) is 9.82. The zero-order chi connectivity index (χ0) is 24.0. The van der Waals surface area contributed by atoms with E-state index < -0.39 is 29.2 Å². The van der Waals surface area contributed by atoms with E-state index in [2.05, 4.69) is 32.6 Å². The molecular formula is C21H14F6N6Pt. The zero-order valence-electron chi connectivity index (χ0n) is 17.4. The molecule has 0 spiro atoms. The number of rotatable bonds is 4. The van der Waals surface area contributed by atoms with Crippen molar-refractivity contribution in [3.8, 4) is 11.6 Å². The van der Waals surface area contributed by atoms with Crippen LogP contribution in [0, 0.1) is 19.3 Å². The quantitative estimate of drug-likeness (QED) is 0.237. The maximum atomic E-state index is 14.4. The van der Waals surface area contributed by atoms with Gasteiger partial charge in [-0.05, 0) is 24.8 Å². The minimum atomic E-state index is -4.85. The molecule has 13 heteroatoms. The molecule has 0 saturated carbocycles. The Kier molecular flexibility index (Phi) is 6.76. The number of hydrogen-bond donors (Lipinski definition) is 0. The minimum Gasteiger partial charge on any atom is -0.343 e. The molecule has 0 aliphatic rings. The molecule has 1 atom stereocenters. The van der Waals surface area contributed by atoms with Crippen LogP contribution in [0.3, 0.4) is 0 Å². The van der Waals surface area contributed by atoms with Crippen LogP contribution in [-0.2, 0) is 32.7 Å². The molecule has 0 radical (unpaired) electrons. The maximum Gasteiger partial charge on any atom is 2.00 e. The van der Waals surface area contributed by atoms with E-state index >= 15 is 0 Å². The number of aryl methyl sites for hydroxylation is 1. The van der Waals surface area contributed by atoms with E-state index in [0.717, 1.165) is 13.0 Å². The van der Waals surface area contributed by atoms with Crippen molar-refractivity contribution in [2.75, 3.05) is 0 Å². The van der Waals surface area contributed by atoms with Crippen molar-refractivity contribution in [1.29, 1.82) is 0 Å². The van der Waals surface area contributed by atoms with Gasteiger partial charge in [0.1, 0.15) is 5.41 Å². The molecular weight excluding hydrogens is 645 g/mol. The summed E-state index contributed by atoms with van der Waals surface area (Å²) in [5.74, 6) is -0.145. The van der Waals surface area contributed by atoms with Gasteiger partial charge in [0.25, 0.3) is 0 Å². The number of halogens is 6. The van der Waals surface area contributed by atoms with Gasteiger partial charge in [0.15, 0.2) is 0 Å². The molecule has 4 aromatic rings. The van der Waals surface area contributed by atoms with Gasteiger partial charge in [0.2, 0.25) is 0 Å². The van der Waals surface area contributed by atoms with Gasteiger partial charge >= 0.3 is 33.4 Å². The summed E-state index contributed by atoms with van der Waals surface area (Å²) < 4.78 is 83.7. The van der Waals surface area contributed by atoms with Crippen LogP contribution in [-0.4, -0.2) is 35.7 Å². The van der Waals surface area contributed by atoms with E-state index in [1.807, 2.05) is 0 Å². The molecule has 4 heterocycles. The van der Waals surface area contributed by atoms with E-state index in [1.165, 1.54) is 35.0 Å².